The summed E-state index contributed by atoms with van der Waals surface area (Å²) in [5.74, 6) is 0.123. The number of morpholine rings is 1. The molecule has 7 heteroatoms. The maximum Gasteiger partial charge on any atom is 0.260 e. The monoisotopic (exact) mass is 372 g/mol. The van der Waals surface area contributed by atoms with E-state index in [1.54, 1.807) is 31.2 Å². The fraction of sp³-hybridized carbons (Fsp3) is 0.368. The Balaban J connectivity index is 2.07. The van der Waals surface area contributed by atoms with Crippen LogP contribution >= 0.6 is 11.6 Å². The summed E-state index contributed by atoms with van der Waals surface area (Å²) in [6, 6.07) is 9.13. The fourth-order valence-corrected chi connectivity index (χ4v) is 3.48. The Morgan fingerprint density at radius 1 is 1.31 bits per heavy atom. The largest absolute Gasteiger partial charge is 0.384 e. The number of aromatic nitrogens is 1. The third kappa shape index (κ3) is 3.47. The summed E-state index contributed by atoms with van der Waals surface area (Å²) in [4.78, 5) is 15.4. The summed E-state index contributed by atoms with van der Waals surface area (Å²) in [6.45, 7) is 5.61. The number of pyridine rings is 1. The van der Waals surface area contributed by atoms with Crippen molar-refractivity contribution in [2.24, 2.45) is 0 Å². The first-order valence-electron chi connectivity index (χ1n) is 8.53. The molecule has 136 valence electrons. The molecule has 1 fully saturated rings. The van der Waals surface area contributed by atoms with Crippen molar-refractivity contribution < 1.29 is 4.74 Å². The molecule has 0 atom stereocenters. The number of nitriles is 1. The van der Waals surface area contributed by atoms with Crippen LogP contribution in [0.15, 0.2) is 29.1 Å². The van der Waals surface area contributed by atoms with E-state index in [0.29, 0.717) is 47.0 Å². The molecule has 0 radical (unpaired) electrons. The molecule has 1 aromatic carbocycles. The molecule has 0 amide bonds. The summed E-state index contributed by atoms with van der Waals surface area (Å²) in [5.41, 5.74) is 7.99. The van der Waals surface area contributed by atoms with Crippen LogP contribution in [-0.4, -0.2) is 42.3 Å². The van der Waals surface area contributed by atoms with E-state index < -0.39 is 0 Å². The molecule has 1 aromatic heterocycles. The minimum atomic E-state index is -0.222. The number of anilines is 1. The molecular formula is C19H21ClN4O2. The van der Waals surface area contributed by atoms with Crippen molar-refractivity contribution >= 4 is 17.4 Å². The summed E-state index contributed by atoms with van der Waals surface area (Å²) in [7, 11) is 0. The SMILES string of the molecule is Cc1c(C#N)c(N)n(-c2ccccc2Cl)c(=O)c1CCN1CCOCC1. The Labute approximate surface area is 157 Å². The van der Waals surface area contributed by atoms with Crippen molar-refractivity contribution in [3.8, 4) is 11.8 Å². The van der Waals surface area contributed by atoms with Crippen LogP contribution in [-0.2, 0) is 11.2 Å². The highest BCUT2D eigenvalue weighted by atomic mass is 35.5. The van der Waals surface area contributed by atoms with Crippen molar-refractivity contribution in [2.45, 2.75) is 13.3 Å². The zero-order valence-electron chi connectivity index (χ0n) is 14.7. The minimum Gasteiger partial charge on any atom is -0.384 e. The van der Waals surface area contributed by atoms with Gasteiger partial charge in [0.1, 0.15) is 11.9 Å². The van der Waals surface area contributed by atoms with E-state index in [9.17, 15) is 10.1 Å². The second-order valence-electron chi connectivity index (χ2n) is 6.27. The highest BCUT2D eigenvalue weighted by Gasteiger charge is 2.20. The van der Waals surface area contributed by atoms with Gasteiger partial charge in [-0.1, -0.05) is 23.7 Å². The molecule has 0 spiro atoms. The van der Waals surface area contributed by atoms with Gasteiger partial charge in [-0.05, 0) is 31.0 Å². The van der Waals surface area contributed by atoms with Gasteiger partial charge in [0, 0.05) is 25.2 Å². The van der Waals surface area contributed by atoms with Gasteiger partial charge in [0.25, 0.3) is 5.56 Å². The first kappa shape index (κ1) is 18.5. The number of halogens is 1. The van der Waals surface area contributed by atoms with E-state index in [0.717, 1.165) is 19.6 Å². The number of para-hydroxylation sites is 1. The molecule has 0 saturated carbocycles. The number of benzene rings is 1. The number of rotatable bonds is 4. The molecule has 1 saturated heterocycles. The standard InChI is InChI=1S/C19H21ClN4O2/c1-13-14(6-7-23-8-10-26-11-9-23)19(25)24(18(22)15(13)12-21)17-5-3-2-4-16(17)20/h2-5H,6-11,22H2,1H3. The molecule has 0 bridgehead atoms. The number of hydrogen-bond donors (Lipinski definition) is 1. The summed E-state index contributed by atoms with van der Waals surface area (Å²) in [6.07, 6.45) is 0.546. The van der Waals surface area contributed by atoms with Crippen molar-refractivity contribution in [1.29, 1.82) is 5.26 Å². The third-order valence-electron chi connectivity index (χ3n) is 4.77. The second kappa shape index (κ2) is 7.92. The zero-order valence-corrected chi connectivity index (χ0v) is 15.4. The van der Waals surface area contributed by atoms with Crippen LogP contribution in [0.5, 0.6) is 0 Å². The van der Waals surface area contributed by atoms with Gasteiger partial charge in [-0.2, -0.15) is 5.26 Å². The molecule has 3 rings (SSSR count). The van der Waals surface area contributed by atoms with Crippen molar-refractivity contribution in [2.75, 3.05) is 38.6 Å². The topological polar surface area (TPSA) is 84.3 Å². The van der Waals surface area contributed by atoms with Crippen LogP contribution in [0.1, 0.15) is 16.7 Å². The maximum absolute atomic E-state index is 13.2. The van der Waals surface area contributed by atoms with Gasteiger partial charge in [-0.3, -0.25) is 14.3 Å². The normalized spacial score (nSPS) is 15.0. The lowest BCUT2D eigenvalue weighted by Gasteiger charge is -2.27. The fourth-order valence-electron chi connectivity index (χ4n) is 3.26. The number of nitrogens with zero attached hydrogens (tertiary/aromatic N) is 3. The summed E-state index contributed by atoms with van der Waals surface area (Å²) >= 11 is 6.27. The third-order valence-corrected chi connectivity index (χ3v) is 5.09. The number of nitrogens with two attached hydrogens (primary N) is 1. The Bertz CT molecular complexity index is 911. The minimum absolute atomic E-state index is 0.123. The molecule has 0 unspecified atom stereocenters. The molecule has 1 aliphatic rings. The molecule has 1 aliphatic heterocycles. The summed E-state index contributed by atoms with van der Waals surface area (Å²) in [5, 5.41) is 9.98. The molecule has 2 aromatic rings. The average Bonchev–Trinajstić information content (AvgIpc) is 2.64. The van der Waals surface area contributed by atoms with Gasteiger partial charge < -0.3 is 10.5 Å². The van der Waals surface area contributed by atoms with Crippen LogP contribution in [0, 0.1) is 18.3 Å². The highest BCUT2D eigenvalue weighted by Crippen LogP contribution is 2.25. The lowest BCUT2D eigenvalue weighted by atomic mass is 10.0. The average molecular weight is 373 g/mol. The van der Waals surface area contributed by atoms with Crippen LogP contribution in [0.25, 0.3) is 5.69 Å². The van der Waals surface area contributed by atoms with Crippen LogP contribution in [0.3, 0.4) is 0 Å². The second-order valence-corrected chi connectivity index (χ2v) is 6.68. The molecule has 0 aliphatic carbocycles. The van der Waals surface area contributed by atoms with Crippen molar-refractivity contribution in [1.82, 2.24) is 9.47 Å². The Morgan fingerprint density at radius 3 is 2.65 bits per heavy atom. The lowest BCUT2D eigenvalue weighted by molar-refractivity contribution is 0.0384. The number of hydrogen-bond acceptors (Lipinski definition) is 5. The molecule has 6 nitrogen and oxygen atoms in total. The predicted octanol–water partition coefficient (Wildman–Crippen LogP) is 2.13. The molecule has 2 N–H and O–H groups in total. The Kier molecular flexibility index (Phi) is 5.62. The van der Waals surface area contributed by atoms with Crippen LogP contribution in [0.4, 0.5) is 5.82 Å². The van der Waals surface area contributed by atoms with E-state index in [1.165, 1.54) is 4.57 Å². The van der Waals surface area contributed by atoms with Gasteiger partial charge in [-0.25, -0.2) is 0 Å². The highest BCUT2D eigenvalue weighted by molar-refractivity contribution is 6.32. The smallest absolute Gasteiger partial charge is 0.260 e. The van der Waals surface area contributed by atoms with Crippen molar-refractivity contribution in [3.05, 3.63) is 56.3 Å². The van der Waals surface area contributed by atoms with Gasteiger partial charge in [0.15, 0.2) is 0 Å². The predicted molar refractivity (Wildman–Crippen MR) is 102 cm³/mol. The zero-order chi connectivity index (χ0) is 18.7. The summed E-state index contributed by atoms with van der Waals surface area (Å²) < 4.78 is 6.71. The van der Waals surface area contributed by atoms with E-state index >= 15 is 0 Å². The van der Waals surface area contributed by atoms with E-state index in [2.05, 4.69) is 11.0 Å². The Hall–Kier alpha value is -2.33. The van der Waals surface area contributed by atoms with E-state index in [4.69, 9.17) is 22.1 Å². The number of nitrogen functional groups attached to an aromatic ring is 1. The molecule has 2 heterocycles. The van der Waals surface area contributed by atoms with Gasteiger partial charge in [0.2, 0.25) is 0 Å². The van der Waals surface area contributed by atoms with E-state index in [1.807, 2.05) is 0 Å². The van der Waals surface area contributed by atoms with Crippen LogP contribution < -0.4 is 11.3 Å². The van der Waals surface area contributed by atoms with Gasteiger partial charge >= 0.3 is 0 Å². The number of ether oxygens (including phenoxy) is 1. The lowest BCUT2D eigenvalue weighted by Crippen LogP contribution is -2.38. The van der Waals surface area contributed by atoms with E-state index in [-0.39, 0.29) is 11.4 Å². The molecule has 26 heavy (non-hydrogen) atoms. The van der Waals surface area contributed by atoms with Crippen LogP contribution in [0.2, 0.25) is 5.02 Å². The quantitative estimate of drug-likeness (QED) is 0.888. The van der Waals surface area contributed by atoms with Gasteiger partial charge in [0.05, 0.1) is 29.5 Å². The first-order valence-corrected chi connectivity index (χ1v) is 8.91. The maximum atomic E-state index is 13.2. The van der Waals surface area contributed by atoms with Crippen molar-refractivity contribution in [3.63, 3.8) is 0 Å². The Morgan fingerprint density at radius 2 is 2.00 bits per heavy atom. The molecular weight excluding hydrogens is 352 g/mol. The van der Waals surface area contributed by atoms with Gasteiger partial charge in [-0.15, -0.1) is 0 Å². The first-order chi connectivity index (χ1) is 12.5.